The van der Waals surface area contributed by atoms with Crippen LogP contribution in [0.15, 0.2) is 12.3 Å². The van der Waals surface area contributed by atoms with Gasteiger partial charge in [0.15, 0.2) is 5.82 Å². The third-order valence-corrected chi connectivity index (χ3v) is 2.62. The Hall–Kier alpha value is -1.03. The van der Waals surface area contributed by atoms with Crippen molar-refractivity contribution in [1.29, 1.82) is 0 Å². The van der Waals surface area contributed by atoms with Gasteiger partial charge in [0.25, 0.3) is 0 Å². The fourth-order valence-electron chi connectivity index (χ4n) is 1.78. The van der Waals surface area contributed by atoms with Crippen LogP contribution in [0.4, 0.5) is 5.82 Å². The Morgan fingerprint density at radius 2 is 2.46 bits per heavy atom. The molecule has 0 amide bonds. The molecule has 1 aromatic heterocycles. The minimum absolute atomic E-state index is 0.627. The Kier molecular flexibility index (Phi) is 2.22. The molecule has 1 aliphatic heterocycles. The van der Waals surface area contributed by atoms with Crippen molar-refractivity contribution in [2.75, 3.05) is 25.0 Å². The van der Waals surface area contributed by atoms with E-state index in [1.807, 2.05) is 25.0 Å². The summed E-state index contributed by atoms with van der Waals surface area (Å²) < 4.78 is 1.85. The van der Waals surface area contributed by atoms with E-state index in [1.54, 1.807) is 0 Å². The van der Waals surface area contributed by atoms with Gasteiger partial charge in [-0.2, -0.15) is 5.10 Å². The Labute approximate surface area is 78.5 Å². The topological polar surface area (TPSA) is 33.1 Å². The maximum Gasteiger partial charge on any atom is 0.150 e. The van der Waals surface area contributed by atoms with Crippen molar-refractivity contribution in [1.82, 2.24) is 15.1 Å². The molecule has 0 spiro atoms. The molecule has 4 heteroatoms. The van der Waals surface area contributed by atoms with E-state index in [4.69, 9.17) is 0 Å². The van der Waals surface area contributed by atoms with Gasteiger partial charge in [0, 0.05) is 38.4 Å². The molecule has 0 saturated carbocycles. The summed E-state index contributed by atoms with van der Waals surface area (Å²) >= 11 is 0. The summed E-state index contributed by atoms with van der Waals surface area (Å²) in [7, 11) is 3.97. The predicted octanol–water partition coefficient (Wildman–Crippen LogP) is 0.218. The van der Waals surface area contributed by atoms with Gasteiger partial charge in [0.2, 0.25) is 0 Å². The monoisotopic (exact) mass is 180 g/mol. The van der Waals surface area contributed by atoms with Crippen molar-refractivity contribution in [3.8, 4) is 0 Å². The van der Waals surface area contributed by atoms with Crippen LogP contribution in [0.3, 0.4) is 0 Å². The largest absolute Gasteiger partial charge is 0.354 e. The van der Waals surface area contributed by atoms with Gasteiger partial charge in [-0.15, -0.1) is 0 Å². The number of aryl methyl sites for hydroxylation is 1. The highest BCUT2D eigenvalue weighted by atomic mass is 15.3. The summed E-state index contributed by atoms with van der Waals surface area (Å²) in [6.45, 7) is 2.19. The predicted molar refractivity (Wildman–Crippen MR) is 52.9 cm³/mol. The molecule has 0 radical (unpaired) electrons. The van der Waals surface area contributed by atoms with Gasteiger partial charge in [-0.05, 0) is 13.5 Å². The van der Waals surface area contributed by atoms with E-state index >= 15 is 0 Å². The minimum Gasteiger partial charge on any atom is -0.354 e. The van der Waals surface area contributed by atoms with E-state index in [0.717, 1.165) is 18.9 Å². The highest BCUT2D eigenvalue weighted by Gasteiger charge is 2.22. The number of anilines is 1. The molecule has 72 valence electrons. The molecule has 2 heterocycles. The summed E-state index contributed by atoms with van der Waals surface area (Å²) in [5.41, 5.74) is 0. The zero-order valence-corrected chi connectivity index (χ0v) is 8.20. The average Bonchev–Trinajstić information content (AvgIpc) is 2.71. The van der Waals surface area contributed by atoms with Gasteiger partial charge >= 0.3 is 0 Å². The second-order valence-corrected chi connectivity index (χ2v) is 3.57. The fraction of sp³-hybridized carbons (Fsp3) is 0.667. The highest BCUT2D eigenvalue weighted by molar-refractivity contribution is 5.38. The third-order valence-electron chi connectivity index (χ3n) is 2.62. The fourth-order valence-corrected chi connectivity index (χ4v) is 1.78. The molecule has 1 unspecified atom stereocenters. The second kappa shape index (κ2) is 3.38. The second-order valence-electron chi connectivity index (χ2n) is 3.57. The van der Waals surface area contributed by atoms with Crippen LogP contribution in [-0.2, 0) is 7.05 Å². The normalized spacial score (nSPS) is 22.6. The summed E-state index contributed by atoms with van der Waals surface area (Å²) in [6.07, 6.45) is 3.20. The van der Waals surface area contributed by atoms with Crippen LogP contribution < -0.4 is 10.2 Å². The van der Waals surface area contributed by atoms with Crippen molar-refractivity contribution in [3.05, 3.63) is 12.3 Å². The first-order valence-electron chi connectivity index (χ1n) is 4.71. The summed E-state index contributed by atoms with van der Waals surface area (Å²) in [4.78, 5) is 2.32. The highest BCUT2D eigenvalue weighted by Crippen LogP contribution is 2.17. The van der Waals surface area contributed by atoms with Crippen molar-refractivity contribution < 1.29 is 0 Å². The smallest absolute Gasteiger partial charge is 0.150 e. The Bertz CT molecular complexity index is 281. The lowest BCUT2D eigenvalue weighted by molar-refractivity contribution is 0.616. The van der Waals surface area contributed by atoms with Crippen LogP contribution in [0.2, 0.25) is 0 Å². The quantitative estimate of drug-likeness (QED) is 0.706. The SMILES string of the molecule is CNC1CCN(c2ccn(C)n2)C1. The molecule has 0 aromatic carbocycles. The lowest BCUT2D eigenvalue weighted by atomic mass is 10.3. The summed E-state index contributed by atoms with van der Waals surface area (Å²) in [5, 5.41) is 7.67. The van der Waals surface area contributed by atoms with Crippen molar-refractivity contribution in [2.24, 2.45) is 7.05 Å². The molecule has 0 aliphatic carbocycles. The molecule has 1 saturated heterocycles. The van der Waals surface area contributed by atoms with E-state index in [9.17, 15) is 0 Å². The number of rotatable bonds is 2. The average molecular weight is 180 g/mol. The first-order valence-corrected chi connectivity index (χ1v) is 4.71. The number of likely N-dealkylation sites (N-methyl/N-ethyl adjacent to an activating group) is 1. The van der Waals surface area contributed by atoms with Gasteiger partial charge in [0.1, 0.15) is 0 Å². The molecule has 0 bridgehead atoms. The summed E-state index contributed by atoms with van der Waals surface area (Å²) in [6, 6.07) is 2.69. The maximum atomic E-state index is 4.38. The molecule has 1 fully saturated rings. The standard InChI is InChI=1S/C9H16N4/c1-10-8-3-6-13(7-8)9-4-5-12(2)11-9/h4-5,8,10H,3,6-7H2,1-2H3. The summed E-state index contributed by atoms with van der Waals surface area (Å²) in [5.74, 6) is 1.10. The maximum absolute atomic E-state index is 4.38. The van der Waals surface area contributed by atoms with Gasteiger partial charge in [-0.25, -0.2) is 0 Å². The van der Waals surface area contributed by atoms with Gasteiger partial charge < -0.3 is 10.2 Å². The van der Waals surface area contributed by atoms with Crippen LogP contribution in [0.25, 0.3) is 0 Å². The number of aromatic nitrogens is 2. The number of nitrogens with one attached hydrogen (secondary N) is 1. The van der Waals surface area contributed by atoms with E-state index in [2.05, 4.69) is 21.4 Å². The van der Waals surface area contributed by atoms with Crippen LogP contribution in [0.1, 0.15) is 6.42 Å². The van der Waals surface area contributed by atoms with Crippen molar-refractivity contribution >= 4 is 5.82 Å². The first kappa shape index (κ1) is 8.56. The zero-order chi connectivity index (χ0) is 9.26. The third kappa shape index (κ3) is 1.67. The molecule has 13 heavy (non-hydrogen) atoms. The van der Waals surface area contributed by atoms with Crippen LogP contribution in [-0.4, -0.2) is 36.0 Å². The van der Waals surface area contributed by atoms with E-state index in [1.165, 1.54) is 6.42 Å². The minimum atomic E-state index is 0.627. The van der Waals surface area contributed by atoms with Gasteiger partial charge in [-0.3, -0.25) is 4.68 Å². The van der Waals surface area contributed by atoms with Crippen LogP contribution in [0.5, 0.6) is 0 Å². The van der Waals surface area contributed by atoms with Crippen molar-refractivity contribution in [2.45, 2.75) is 12.5 Å². The molecular formula is C9H16N4. The Morgan fingerprint density at radius 3 is 3.00 bits per heavy atom. The zero-order valence-electron chi connectivity index (χ0n) is 8.20. The number of hydrogen-bond acceptors (Lipinski definition) is 3. The Morgan fingerprint density at radius 1 is 1.62 bits per heavy atom. The molecule has 2 rings (SSSR count). The molecule has 1 aromatic rings. The molecular weight excluding hydrogens is 164 g/mol. The molecule has 4 nitrogen and oxygen atoms in total. The molecule has 1 N–H and O–H groups in total. The number of nitrogens with zero attached hydrogens (tertiary/aromatic N) is 3. The van der Waals surface area contributed by atoms with Crippen LogP contribution in [0, 0.1) is 0 Å². The first-order chi connectivity index (χ1) is 6.29. The molecule has 1 atom stereocenters. The van der Waals surface area contributed by atoms with E-state index in [-0.39, 0.29) is 0 Å². The lowest BCUT2D eigenvalue weighted by Gasteiger charge is -2.14. The van der Waals surface area contributed by atoms with Crippen LogP contribution >= 0.6 is 0 Å². The van der Waals surface area contributed by atoms with Crippen molar-refractivity contribution in [3.63, 3.8) is 0 Å². The lowest BCUT2D eigenvalue weighted by Crippen LogP contribution is -2.29. The van der Waals surface area contributed by atoms with Gasteiger partial charge in [-0.1, -0.05) is 0 Å². The number of hydrogen-bond donors (Lipinski definition) is 1. The van der Waals surface area contributed by atoms with E-state index in [0.29, 0.717) is 6.04 Å². The Balaban J connectivity index is 2.03. The van der Waals surface area contributed by atoms with Gasteiger partial charge in [0.05, 0.1) is 0 Å². The molecule has 1 aliphatic rings. The van der Waals surface area contributed by atoms with E-state index < -0.39 is 0 Å².